The van der Waals surface area contributed by atoms with E-state index in [-0.39, 0.29) is 0 Å². The Labute approximate surface area is 147 Å². The Morgan fingerprint density at radius 1 is 0.750 bits per heavy atom. The molecule has 2 saturated carbocycles. The van der Waals surface area contributed by atoms with Crippen LogP contribution in [0.25, 0.3) is 0 Å². The van der Waals surface area contributed by atoms with Crippen LogP contribution in [0.2, 0.25) is 0 Å². The van der Waals surface area contributed by atoms with E-state index in [1.54, 1.807) is 0 Å². The minimum Gasteiger partial charge on any atom is -0.0622 e. The van der Waals surface area contributed by atoms with Gasteiger partial charge in [0.15, 0.2) is 0 Å². The van der Waals surface area contributed by atoms with Gasteiger partial charge in [-0.05, 0) is 72.8 Å². The summed E-state index contributed by atoms with van der Waals surface area (Å²) in [6.45, 7) is 2.50. The molecule has 2 aromatic rings. The van der Waals surface area contributed by atoms with Gasteiger partial charge in [-0.25, -0.2) is 0 Å². The highest BCUT2D eigenvalue weighted by Gasteiger charge is 2.42. The second kappa shape index (κ2) is 7.13. The van der Waals surface area contributed by atoms with Crippen molar-refractivity contribution in [3.63, 3.8) is 0 Å². The fourth-order valence-electron chi connectivity index (χ4n) is 4.64. The van der Waals surface area contributed by atoms with Crippen molar-refractivity contribution in [3.8, 4) is 0 Å². The Kier molecular flexibility index (Phi) is 4.74. The molecule has 2 aliphatic rings. The van der Waals surface area contributed by atoms with Crippen molar-refractivity contribution in [2.24, 2.45) is 29.6 Å². The van der Waals surface area contributed by atoms with E-state index in [0.29, 0.717) is 0 Å². The van der Waals surface area contributed by atoms with E-state index >= 15 is 0 Å². The molecule has 0 spiro atoms. The molecule has 0 aromatic heterocycles. The second-order valence-corrected chi connectivity index (χ2v) is 8.35. The van der Waals surface area contributed by atoms with Gasteiger partial charge in [0.25, 0.3) is 0 Å². The Morgan fingerprint density at radius 2 is 1.33 bits per heavy atom. The summed E-state index contributed by atoms with van der Waals surface area (Å²) in [5, 5.41) is 0. The maximum Gasteiger partial charge on any atom is -0.0248 e. The zero-order valence-corrected chi connectivity index (χ0v) is 14.9. The predicted octanol–water partition coefficient (Wildman–Crippen LogP) is 6.16. The molecule has 0 nitrogen and oxygen atoms in total. The molecule has 5 atom stereocenters. The van der Waals surface area contributed by atoms with Crippen LogP contribution in [-0.2, 0) is 12.8 Å². The van der Waals surface area contributed by atoms with Gasteiger partial charge in [0.1, 0.15) is 0 Å². The fourth-order valence-corrected chi connectivity index (χ4v) is 4.64. The first-order valence-electron chi connectivity index (χ1n) is 9.87. The van der Waals surface area contributed by atoms with Crippen molar-refractivity contribution in [1.82, 2.24) is 0 Å². The Hall–Kier alpha value is -1.56. The average Bonchev–Trinajstić information content (AvgIpc) is 3.52. The monoisotopic (exact) mass is 318 g/mol. The van der Waals surface area contributed by atoms with Crippen LogP contribution in [0, 0.1) is 29.6 Å². The topological polar surface area (TPSA) is 0 Å². The van der Waals surface area contributed by atoms with Crippen LogP contribution in [0.3, 0.4) is 0 Å². The van der Waals surface area contributed by atoms with Crippen molar-refractivity contribution in [2.75, 3.05) is 0 Å². The zero-order valence-electron chi connectivity index (χ0n) is 14.9. The smallest absolute Gasteiger partial charge is 0.0248 e. The Morgan fingerprint density at radius 3 is 1.96 bits per heavy atom. The molecule has 2 aliphatic carbocycles. The van der Waals surface area contributed by atoms with Crippen LogP contribution in [0.15, 0.2) is 60.7 Å². The third kappa shape index (κ3) is 4.09. The van der Waals surface area contributed by atoms with Crippen molar-refractivity contribution in [3.05, 3.63) is 71.8 Å². The first kappa shape index (κ1) is 15.9. The SMILES string of the molecule is CC(CCC1CC1Cc1ccccc1)C1CC1Cc1ccccc1. The number of benzene rings is 2. The largest absolute Gasteiger partial charge is 0.0622 e. The molecule has 0 amide bonds. The van der Waals surface area contributed by atoms with Crippen molar-refractivity contribution in [2.45, 2.75) is 45.4 Å². The molecule has 4 rings (SSSR count). The van der Waals surface area contributed by atoms with E-state index in [4.69, 9.17) is 0 Å². The van der Waals surface area contributed by atoms with Gasteiger partial charge in [-0.1, -0.05) is 74.0 Å². The van der Waals surface area contributed by atoms with Crippen LogP contribution in [0.4, 0.5) is 0 Å². The molecule has 0 N–H and O–H groups in total. The molecular formula is C24H30. The lowest BCUT2D eigenvalue weighted by molar-refractivity contribution is 0.410. The molecule has 5 unspecified atom stereocenters. The Balaban J connectivity index is 1.16. The molecule has 2 fully saturated rings. The quantitative estimate of drug-likeness (QED) is 0.547. The minimum absolute atomic E-state index is 0.927. The summed E-state index contributed by atoms with van der Waals surface area (Å²) in [6, 6.07) is 22.1. The lowest BCUT2D eigenvalue weighted by Gasteiger charge is -2.11. The van der Waals surface area contributed by atoms with Crippen molar-refractivity contribution in [1.29, 1.82) is 0 Å². The van der Waals surface area contributed by atoms with Gasteiger partial charge in [0.2, 0.25) is 0 Å². The van der Waals surface area contributed by atoms with Gasteiger partial charge in [-0.3, -0.25) is 0 Å². The third-order valence-electron chi connectivity index (χ3n) is 6.45. The first-order chi connectivity index (χ1) is 11.8. The molecule has 2 aromatic carbocycles. The van der Waals surface area contributed by atoms with E-state index in [0.717, 1.165) is 29.6 Å². The van der Waals surface area contributed by atoms with Gasteiger partial charge in [0, 0.05) is 0 Å². The Bertz CT molecular complexity index is 630. The zero-order chi connectivity index (χ0) is 16.4. The molecule has 0 aliphatic heterocycles. The van der Waals surface area contributed by atoms with Gasteiger partial charge in [0.05, 0.1) is 0 Å². The summed E-state index contributed by atoms with van der Waals surface area (Å²) >= 11 is 0. The second-order valence-electron chi connectivity index (χ2n) is 8.35. The van der Waals surface area contributed by atoms with Gasteiger partial charge >= 0.3 is 0 Å². The summed E-state index contributed by atoms with van der Waals surface area (Å²) < 4.78 is 0. The lowest BCUT2D eigenvalue weighted by atomic mass is 9.94. The van der Waals surface area contributed by atoms with E-state index < -0.39 is 0 Å². The van der Waals surface area contributed by atoms with E-state index in [1.165, 1.54) is 49.7 Å². The summed E-state index contributed by atoms with van der Waals surface area (Å²) in [4.78, 5) is 0. The van der Waals surface area contributed by atoms with E-state index in [1.807, 2.05) is 0 Å². The van der Waals surface area contributed by atoms with Gasteiger partial charge < -0.3 is 0 Å². The maximum absolute atomic E-state index is 2.50. The molecular weight excluding hydrogens is 288 g/mol. The summed E-state index contributed by atoms with van der Waals surface area (Å²) in [5.74, 6) is 4.87. The average molecular weight is 319 g/mol. The van der Waals surface area contributed by atoms with Crippen molar-refractivity contribution < 1.29 is 0 Å². The van der Waals surface area contributed by atoms with E-state index in [2.05, 4.69) is 67.6 Å². The molecule has 0 bridgehead atoms. The molecule has 24 heavy (non-hydrogen) atoms. The molecule has 0 heteroatoms. The van der Waals surface area contributed by atoms with Gasteiger partial charge in [-0.15, -0.1) is 0 Å². The van der Waals surface area contributed by atoms with Crippen LogP contribution in [0.5, 0.6) is 0 Å². The third-order valence-corrected chi connectivity index (χ3v) is 6.45. The summed E-state index contributed by atoms with van der Waals surface area (Å²) in [5.41, 5.74) is 3.06. The molecule has 126 valence electrons. The summed E-state index contributed by atoms with van der Waals surface area (Å²) in [7, 11) is 0. The number of hydrogen-bond donors (Lipinski definition) is 0. The first-order valence-corrected chi connectivity index (χ1v) is 9.87. The number of hydrogen-bond acceptors (Lipinski definition) is 0. The molecule has 0 radical (unpaired) electrons. The van der Waals surface area contributed by atoms with Crippen LogP contribution in [0.1, 0.15) is 43.7 Å². The van der Waals surface area contributed by atoms with E-state index in [9.17, 15) is 0 Å². The predicted molar refractivity (Wildman–Crippen MR) is 102 cm³/mol. The highest BCUT2D eigenvalue weighted by atomic mass is 14.5. The molecule has 0 heterocycles. The normalized spacial score (nSPS) is 29.2. The standard InChI is InChI=1S/C24H30/c1-18(24-17-23(24)15-20-10-6-3-7-11-20)12-13-21-16-22(21)14-19-8-4-2-5-9-19/h2-11,18,21-24H,12-17H2,1H3. The molecule has 0 saturated heterocycles. The van der Waals surface area contributed by atoms with Crippen LogP contribution in [-0.4, -0.2) is 0 Å². The highest BCUT2D eigenvalue weighted by Crippen LogP contribution is 2.50. The minimum atomic E-state index is 0.927. The highest BCUT2D eigenvalue weighted by molar-refractivity contribution is 5.18. The maximum atomic E-state index is 2.50. The number of rotatable bonds is 8. The lowest BCUT2D eigenvalue weighted by Crippen LogP contribution is -2.02. The fraction of sp³-hybridized carbons (Fsp3) is 0.500. The van der Waals surface area contributed by atoms with Crippen LogP contribution >= 0.6 is 0 Å². The van der Waals surface area contributed by atoms with Crippen LogP contribution < -0.4 is 0 Å². The summed E-state index contributed by atoms with van der Waals surface area (Å²) in [6.07, 6.45) is 8.46. The van der Waals surface area contributed by atoms with Gasteiger partial charge in [-0.2, -0.15) is 0 Å². The van der Waals surface area contributed by atoms with Crippen molar-refractivity contribution >= 4 is 0 Å².